The van der Waals surface area contributed by atoms with E-state index < -0.39 is 27.5 Å². The van der Waals surface area contributed by atoms with E-state index in [0.717, 1.165) is 11.1 Å². The van der Waals surface area contributed by atoms with Crippen molar-refractivity contribution in [3.05, 3.63) is 96.1 Å². The molecule has 0 heterocycles. The van der Waals surface area contributed by atoms with Crippen molar-refractivity contribution in [2.45, 2.75) is 38.1 Å². The molecule has 0 aromatic heterocycles. The fourth-order valence-corrected chi connectivity index (χ4v) is 4.13. The molecule has 0 aliphatic rings. The monoisotopic (exact) mass is 483 g/mol. The molecule has 0 bridgehead atoms. The van der Waals surface area contributed by atoms with Gasteiger partial charge in [-0.1, -0.05) is 86.6 Å². The zero-order valence-electron chi connectivity index (χ0n) is 19.2. The molecule has 0 radical (unpaired) electrons. The lowest BCUT2D eigenvalue weighted by Gasteiger charge is -2.33. The Balaban J connectivity index is 1.78. The van der Waals surface area contributed by atoms with Crippen molar-refractivity contribution in [3.8, 4) is 0 Å². The zero-order valence-corrected chi connectivity index (χ0v) is 20.0. The predicted octanol–water partition coefficient (Wildman–Crippen LogP) is 4.70. The van der Waals surface area contributed by atoms with Crippen LogP contribution in [0, 0.1) is 5.41 Å². The summed E-state index contributed by atoms with van der Waals surface area (Å²) in [5.41, 5.74) is 1.11. The van der Waals surface area contributed by atoms with Gasteiger partial charge in [0.15, 0.2) is 0 Å². The Labute approximate surface area is 200 Å². The largest absolute Gasteiger partial charge is 0.376 e. The van der Waals surface area contributed by atoms with Gasteiger partial charge >= 0.3 is 0 Å². The molecule has 34 heavy (non-hydrogen) atoms. The first-order chi connectivity index (χ1) is 16.2. The predicted molar refractivity (Wildman–Crippen MR) is 130 cm³/mol. The van der Waals surface area contributed by atoms with Gasteiger partial charge in [0.2, 0.25) is 0 Å². The third kappa shape index (κ3) is 7.23. The maximum atomic E-state index is 13.3. The lowest BCUT2D eigenvalue weighted by atomic mass is 9.86. The topological polar surface area (TPSA) is 102 Å². The van der Waals surface area contributed by atoms with E-state index in [2.05, 4.69) is 5.32 Å². The van der Waals surface area contributed by atoms with Gasteiger partial charge in [0.1, 0.15) is 11.0 Å². The molecular formula is C26H29NO6S. The fourth-order valence-electron chi connectivity index (χ4n) is 3.48. The molecule has 2 N–H and O–H groups in total. The minimum absolute atomic E-state index is 0.0238. The molecule has 0 aliphatic heterocycles. The second kappa shape index (κ2) is 11.4. The van der Waals surface area contributed by atoms with Gasteiger partial charge in [-0.05, 0) is 23.3 Å². The van der Waals surface area contributed by atoms with Crippen molar-refractivity contribution < 1.29 is 27.2 Å². The molecule has 3 rings (SSSR count). The van der Waals surface area contributed by atoms with E-state index in [0.29, 0.717) is 6.61 Å². The lowest BCUT2D eigenvalue weighted by Crippen LogP contribution is -2.45. The van der Waals surface area contributed by atoms with Crippen LogP contribution in [0.25, 0.3) is 0 Å². The maximum Gasteiger partial charge on any atom is 0.296 e. The highest BCUT2D eigenvalue weighted by atomic mass is 32.2. The zero-order chi connectivity index (χ0) is 24.6. The van der Waals surface area contributed by atoms with Crippen LogP contribution in [-0.2, 0) is 37.6 Å². The fraction of sp³-hybridized carbons (Fsp3) is 0.269. The first-order valence-electron chi connectivity index (χ1n) is 10.8. The highest BCUT2D eigenvalue weighted by Crippen LogP contribution is 2.28. The molecule has 1 unspecified atom stereocenters. The van der Waals surface area contributed by atoms with Gasteiger partial charge in [-0.3, -0.25) is 9.35 Å². The Bertz CT molecular complexity index is 1180. The number of carbonyl (C=O) groups is 1. The molecule has 8 heteroatoms. The standard InChI is InChI=1S/C26H29NO6S/c1-26(2,19-32-17-20-11-5-3-6-12-20)24(33-18-21-13-7-4-8-14-21)25(28)27-22-15-9-10-16-23(22)34(29,30)31/h3-16,24H,17-19H2,1-2H3,(H,27,28)(H,29,30,31). The van der Waals surface area contributed by atoms with Crippen molar-refractivity contribution in [3.63, 3.8) is 0 Å². The van der Waals surface area contributed by atoms with Gasteiger partial charge < -0.3 is 14.8 Å². The van der Waals surface area contributed by atoms with Crippen LogP contribution in [0.2, 0.25) is 0 Å². The number of anilines is 1. The average Bonchev–Trinajstić information content (AvgIpc) is 2.80. The molecule has 0 spiro atoms. The van der Waals surface area contributed by atoms with Crippen LogP contribution in [-0.4, -0.2) is 31.6 Å². The molecule has 1 amide bonds. The lowest BCUT2D eigenvalue weighted by molar-refractivity contribution is -0.141. The van der Waals surface area contributed by atoms with Gasteiger partial charge in [0.25, 0.3) is 16.0 Å². The SMILES string of the molecule is CC(C)(COCc1ccccc1)C(OCc1ccccc1)C(=O)Nc1ccccc1S(=O)(=O)O. The quantitative estimate of drug-likeness (QED) is 0.383. The second-order valence-electron chi connectivity index (χ2n) is 8.60. The van der Waals surface area contributed by atoms with Crippen molar-refractivity contribution in [1.29, 1.82) is 0 Å². The van der Waals surface area contributed by atoms with Crippen LogP contribution < -0.4 is 5.32 Å². The summed E-state index contributed by atoms with van der Waals surface area (Å²) in [6, 6.07) is 24.8. The molecular weight excluding hydrogens is 454 g/mol. The molecule has 180 valence electrons. The summed E-state index contributed by atoms with van der Waals surface area (Å²) in [5, 5.41) is 2.61. The highest BCUT2D eigenvalue weighted by molar-refractivity contribution is 7.86. The van der Waals surface area contributed by atoms with E-state index in [1.165, 1.54) is 18.2 Å². The number of benzene rings is 3. The number of ether oxygens (including phenoxy) is 2. The van der Waals surface area contributed by atoms with E-state index in [1.807, 2.05) is 74.5 Å². The van der Waals surface area contributed by atoms with Crippen LogP contribution in [0.15, 0.2) is 89.8 Å². The Morgan fingerprint density at radius 2 is 1.41 bits per heavy atom. The Hall–Kier alpha value is -3.04. The average molecular weight is 484 g/mol. The number of nitrogens with one attached hydrogen (secondary N) is 1. The van der Waals surface area contributed by atoms with Crippen LogP contribution in [0.4, 0.5) is 5.69 Å². The van der Waals surface area contributed by atoms with Crippen LogP contribution >= 0.6 is 0 Å². The minimum atomic E-state index is -4.52. The van der Waals surface area contributed by atoms with Crippen molar-refractivity contribution in [1.82, 2.24) is 0 Å². The summed E-state index contributed by atoms with van der Waals surface area (Å²) in [7, 11) is -4.52. The van der Waals surface area contributed by atoms with Crippen LogP contribution in [0.5, 0.6) is 0 Å². The number of rotatable bonds is 11. The summed E-state index contributed by atoms with van der Waals surface area (Å²) >= 11 is 0. The first kappa shape index (κ1) is 25.6. The summed E-state index contributed by atoms with van der Waals surface area (Å²) in [6.45, 7) is 4.47. The summed E-state index contributed by atoms with van der Waals surface area (Å²) in [4.78, 5) is 12.9. The van der Waals surface area contributed by atoms with E-state index >= 15 is 0 Å². The maximum absolute atomic E-state index is 13.3. The summed E-state index contributed by atoms with van der Waals surface area (Å²) in [5.74, 6) is -0.541. The third-order valence-corrected chi connectivity index (χ3v) is 6.13. The number of carbonyl (C=O) groups excluding carboxylic acids is 1. The molecule has 1 atom stereocenters. The van der Waals surface area contributed by atoms with Crippen molar-refractivity contribution in [2.24, 2.45) is 5.41 Å². The molecule has 0 fully saturated rings. The van der Waals surface area contributed by atoms with Gasteiger partial charge in [-0.15, -0.1) is 0 Å². The summed E-state index contributed by atoms with van der Waals surface area (Å²) < 4.78 is 45.0. The summed E-state index contributed by atoms with van der Waals surface area (Å²) in [6.07, 6.45) is -0.974. The number of hydrogen-bond donors (Lipinski definition) is 2. The van der Waals surface area contributed by atoms with Gasteiger partial charge in [0, 0.05) is 5.41 Å². The normalized spacial score (nSPS) is 12.8. The molecule has 3 aromatic carbocycles. The second-order valence-corrected chi connectivity index (χ2v) is 9.99. The minimum Gasteiger partial charge on any atom is -0.376 e. The van der Waals surface area contributed by atoms with E-state index in [1.54, 1.807) is 6.07 Å². The smallest absolute Gasteiger partial charge is 0.296 e. The van der Waals surface area contributed by atoms with Crippen LogP contribution in [0.3, 0.4) is 0 Å². The van der Waals surface area contributed by atoms with Crippen molar-refractivity contribution in [2.75, 3.05) is 11.9 Å². The highest BCUT2D eigenvalue weighted by Gasteiger charge is 2.37. The molecule has 0 saturated carbocycles. The molecule has 3 aromatic rings. The van der Waals surface area contributed by atoms with Gasteiger partial charge in [-0.2, -0.15) is 8.42 Å². The van der Waals surface area contributed by atoms with E-state index in [9.17, 15) is 17.8 Å². The Morgan fingerprint density at radius 3 is 2.00 bits per heavy atom. The third-order valence-electron chi connectivity index (χ3n) is 5.22. The van der Waals surface area contributed by atoms with Gasteiger partial charge in [0.05, 0.1) is 25.5 Å². The molecule has 0 aliphatic carbocycles. The molecule has 7 nitrogen and oxygen atoms in total. The number of hydrogen-bond acceptors (Lipinski definition) is 5. The number of para-hydroxylation sites is 1. The Kier molecular flexibility index (Phi) is 8.57. The van der Waals surface area contributed by atoms with Crippen LogP contribution in [0.1, 0.15) is 25.0 Å². The van der Waals surface area contributed by atoms with Crippen molar-refractivity contribution >= 4 is 21.7 Å². The molecule has 0 saturated heterocycles. The van der Waals surface area contributed by atoms with E-state index in [-0.39, 0.29) is 23.8 Å². The van der Waals surface area contributed by atoms with Gasteiger partial charge in [-0.25, -0.2) is 0 Å². The first-order valence-corrected chi connectivity index (χ1v) is 12.3. The Morgan fingerprint density at radius 1 is 0.882 bits per heavy atom. The number of amides is 1. The van der Waals surface area contributed by atoms with E-state index in [4.69, 9.17) is 9.47 Å².